The lowest BCUT2D eigenvalue weighted by atomic mass is 9.99. The van der Waals surface area contributed by atoms with Crippen LogP contribution in [0.1, 0.15) is 21.5 Å². The van der Waals surface area contributed by atoms with E-state index < -0.39 is 0 Å². The fraction of sp³-hybridized carbons (Fsp3) is 0.133. The SMILES string of the molecule is COc1ccc(C(=O)c2cccc(Cl)c2C)c(Br)c1. The molecule has 4 heteroatoms. The third kappa shape index (κ3) is 2.82. The minimum atomic E-state index is -0.0606. The van der Waals surface area contributed by atoms with Crippen LogP contribution in [0.5, 0.6) is 5.75 Å². The third-order valence-electron chi connectivity index (χ3n) is 2.93. The third-order valence-corrected chi connectivity index (χ3v) is 4.00. The normalized spacial score (nSPS) is 10.3. The van der Waals surface area contributed by atoms with Crippen LogP contribution in [0.4, 0.5) is 0 Å². The molecule has 0 fully saturated rings. The molecule has 0 atom stereocenters. The quantitative estimate of drug-likeness (QED) is 0.761. The van der Waals surface area contributed by atoms with Gasteiger partial charge in [-0.15, -0.1) is 0 Å². The molecular weight excluding hydrogens is 328 g/mol. The molecule has 0 aliphatic rings. The van der Waals surface area contributed by atoms with Gasteiger partial charge >= 0.3 is 0 Å². The Bertz CT molecular complexity index is 638. The predicted octanol–water partition coefficient (Wildman–Crippen LogP) is 4.65. The maximum absolute atomic E-state index is 12.5. The van der Waals surface area contributed by atoms with Crippen LogP contribution in [0.3, 0.4) is 0 Å². The lowest BCUT2D eigenvalue weighted by Gasteiger charge is -2.09. The van der Waals surface area contributed by atoms with E-state index in [2.05, 4.69) is 15.9 Å². The highest BCUT2D eigenvalue weighted by Crippen LogP contribution is 2.27. The van der Waals surface area contributed by atoms with E-state index in [1.165, 1.54) is 0 Å². The largest absolute Gasteiger partial charge is 0.497 e. The molecule has 0 aliphatic carbocycles. The first-order valence-corrected chi connectivity index (χ1v) is 6.85. The number of hydrogen-bond acceptors (Lipinski definition) is 2. The minimum Gasteiger partial charge on any atom is -0.497 e. The van der Waals surface area contributed by atoms with E-state index in [1.54, 1.807) is 43.5 Å². The molecule has 0 saturated carbocycles. The van der Waals surface area contributed by atoms with Crippen molar-refractivity contribution in [1.29, 1.82) is 0 Å². The van der Waals surface area contributed by atoms with Crippen molar-refractivity contribution in [1.82, 2.24) is 0 Å². The molecule has 19 heavy (non-hydrogen) atoms. The predicted molar refractivity (Wildman–Crippen MR) is 80.3 cm³/mol. The Balaban J connectivity index is 2.47. The summed E-state index contributed by atoms with van der Waals surface area (Å²) in [6.07, 6.45) is 0. The summed E-state index contributed by atoms with van der Waals surface area (Å²) in [5.41, 5.74) is 1.99. The van der Waals surface area contributed by atoms with Crippen LogP contribution in [0.25, 0.3) is 0 Å². The van der Waals surface area contributed by atoms with E-state index in [0.29, 0.717) is 26.4 Å². The van der Waals surface area contributed by atoms with Gasteiger partial charge in [0.25, 0.3) is 0 Å². The van der Waals surface area contributed by atoms with E-state index >= 15 is 0 Å². The molecule has 0 unspecified atom stereocenters. The van der Waals surface area contributed by atoms with Gasteiger partial charge in [-0.3, -0.25) is 4.79 Å². The van der Waals surface area contributed by atoms with Gasteiger partial charge in [-0.25, -0.2) is 0 Å². The first-order chi connectivity index (χ1) is 9.04. The molecule has 0 bridgehead atoms. The molecule has 0 aliphatic heterocycles. The minimum absolute atomic E-state index is 0.0606. The van der Waals surface area contributed by atoms with Crippen LogP contribution in [0.15, 0.2) is 40.9 Å². The highest BCUT2D eigenvalue weighted by molar-refractivity contribution is 9.10. The Labute approximate surface area is 125 Å². The number of ketones is 1. The van der Waals surface area contributed by atoms with Crippen molar-refractivity contribution in [2.45, 2.75) is 6.92 Å². The molecule has 98 valence electrons. The van der Waals surface area contributed by atoms with E-state index in [1.807, 2.05) is 6.92 Å². The van der Waals surface area contributed by atoms with Crippen molar-refractivity contribution in [3.8, 4) is 5.75 Å². The molecule has 0 N–H and O–H groups in total. The summed E-state index contributed by atoms with van der Waals surface area (Å²) in [7, 11) is 1.59. The van der Waals surface area contributed by atoms with Gasteiger partial charge in [0.1, 0.15) is 5.75 Å². The topological polar surface area (TPSA) is 26.3 Å². The summed E-state index contributed by atoms with van der Waals surface area (Å²) in [6, 6.07) is 10.6. The van der Waals surface area contributed by atoms with Crippen molar-refractivity contribution in [3.05, 3.63) is 62.6 Å². The highest BCUT2D eigenvalue weighted by atomic mass is 79.9. The molecule has 0 heterocycles. The van der Waals surface area contributed by atoms with E-state index in [-0.39, 0.29) is 5.78 Å². The van der Waals surface area contributed by atoms with Gasteiger partial charge in [0.15, 0.2) is 5.78 Å². The number of carbonyl (C=O) groups excluding carboxylic acids is 1. The van der Waals surface area contributed by atoms with E-state index in [0.717, 1.165) is 5.56 Å². The van der Waals surface area contributed by atoms with Gasteiger partial charge in [-0.1, -0.05) is 23.7 Å². The summed E-state index contributed by atoms with van der Waals surface area (Å²) in [6.45, 7) is 1.84. The number of benzene rings is 2. The molecule has 0 radical (unpaired) electrons. The van der Waals surface area contributed by atoms with Gasteiger partial charge in [0, 0.05) is 20.6 Å². The number of halogens is 2. The molecular formula is C15H12BrClO2. The van der Waals surface area contributed by atoms with Gasteiger partial charge in [0.05, 0.1) is 7.11 Å². The first-order valence-electron chi connectivity index (χ1n) is 5.68. The van der Waals surface area contributed by atoms with Gasteiger partial charge in [0.2, 0.25) is 0 Å². The fourth-order valence-corrected chi connectivity index (χ4v) is 2.52. The van der Waals surface area contributed by atoms with E-state index in [4.69, 9.17) is 16.3 Å². The van der Waals surface area contributed by atoms with Crippen molar-refractivity contribution in [2.24, 2.45) is 0 Å². The van der Waals surface area contributed by atoms with Crippen LogP contribution >= 0.6 is 27.5 Å². The Kier molecular flexibility index (Phi) is 4.27. The van der Waals surface area contributed by atoms with Crippen LogP contribution < -0.4 is 4.74 Å². The maximum atomic E-state index is 12.5. The molecule has 2 rings (SSSR count). The fourth-order valence-electron chi connectivity index (χ4n) is 1.81. The molecule has 2 nitrogen and oxygen atoms in total. The van der Waals surface area contributed by atoms with Crippen LogP contribution in [0, 0.1) is 6.92 Å². The zero-order valence-corrected chi connectivity index (χ0v) is 12.9. The maximum Gasteiger partial charge on any atom is 0.194 e. The lowest BCUT2D eigenvalue weighted by Crippen LogP contribution is -2.05. The second-order valence-corrected chi connectivity index (χ2v) is 5.35. The Hall–Kier alpha value is -1.32. The second kappa shape index (κ2) is 5.76. The molecule has 2 aromatic carbocycles. The van der Waals surface area contributed by atoms with Gasteiger partial charge in [-0.05, 0) is 52.7 Å². The average molecular weight is 340 g/mol. The summed E-state index contributed by atoms with van der Waals surface area (Å²) in [4.78, 5) is 12.5. The van der Waals surface area contributed by atoms with Crippen molar-refractivity contribution in [2.75, 3.05) is 7.11 Å². The molecule has 0 spiro atoms. The summed E-state index contributed by atoms with van der Waals surface area (Å²) >= 11 is 9.44. The monoisotopic (exact) mass is 338 g/mol. The molecule has 0 amide bonds. The zero-order valence-electron chi connectivity index (χ0n) is 10.5. The van der Waals surface area contributed by atoms with E-state index in [9.17, 15) is 4.79 Å². The Morgan fingerprint density at radius 3 is 2.58 bits per heavy atom. The van der Waals surface area contributed by atoms with Crippen molar-refractivity contribution < 1.29 is 9.53 Å². The number of carbonyl (C=O) groups is 1. The van der Waals surface area contributed by atoms with Gasteiger partial charge < -0.3 is 4.74 Å². The van der Waals surface area contributed by atoms with Gasteiger partial charge in [-0.2, -0.15) is 0 Å². The summed E-state index contributed by atoms with van der Waals surface area (Å²) in [5.74, 6) is 0.640. The standard InChI is InChI=1S/C15H12BrClO2/c1-9-11(4-3-5-14(9)17)15(18)12-7-6-10(19-2)8-13(12)16/h3-8H,1-2H3. The zero-order chi connectivity index (χ0) is 14.0. The average Bonchev–Trinajstić information content (AvgIpc) is 2.41. The van der Waals surface area contributed by atoms with Crippen LogP contribution in [-0.4, -0.2) is 12.9 Å². The smallest absolute Gasteiger partial charge is 0.194 e. The summed E-state index contributed by atoms with van der Waals surface area (Å²) < 4.78 is 5.82. The van der Waals surface area contributed by atoms with Crippen molar-refractivity contribution >= 4 is 33.3 Å². The molecule has 2 aromatic rings. The molecule has 0 aromatic heterocycles. The lowest BCUT2D eigenvalue weighted by molar-refractivity contribution is 0.103. The number of ether oxygens (including phenoxy) is 1. The van der Waals surface area contributed by atoms with Crippen LogP contribution in [0.2, 0.25) is 5.02 Å². The highest BCUT2D eigenvalue weighted by Gasteiger charge is 2.16. The number of methoxy groups -OCH3 is 1. The summed E-state index contributed by atoms with van der Waals surface area (Å²) in [5, 5.41) is 0.593. The number of rotatable bonds is 3. The second-order valence-electron chi connectivity index (χ2n) is 4.09. The van der Waals surface area contributed by atoms with Crippen molar-refractivity contribution in [3.63, 3.8) is 0 Å². The number of hydrogen-bond donors (Lipinski definition) is 0. The molecule has 0 saturated heterocycles. The Morgan fingerprint density at radius 2 is 1.95 bits per heavy atom. The first kappa shape index (κ1) is 14.1. The van der Waals surface area contributed by atoms with Crippen LogP contribution in [-0.2, 0) is 0 Å². The Morgan fingerprint density at radius 1 is 1.21 bits per heavy atom.